The highest BCUT2D eigenvalue weighted by Gasteiger charge is 2.44. The van der Waals surface area contributed by atoms with Crippen LogP contribution in [0.4, 0.5) is 0 Å². The Kier molecular flexibility index (Phi) is 1.90. The number of hydrogen-bond donors (Lipinski definition) is 1. The molecule has 1 unspecified atom stereocenters. The van der Waals surface area contributed by atoms with Crippen LogP contribution in [0.5, 0.6) is 0 Å². The third kappa shape index (κ3) is 1.09. The van der Waals surface area contributed by atoms with Gasteiger partial charge in [0.1, 0.15) is 0 Å². The zero-order valence-electron chi connectivity index (χ0n) is 6.88. The van der Waals surface area contributed by atoms with Gasteiger partial charge in [-0.15, -0.1) is 0 Å². The summed E-state index contributed by atoms with van der Waals surface area (Å²) in [6.07, 6.45) is 5.05. The molecule has 64 valence electrons. The average molecular weight is 156 g/mol. The highest BCUT2D eigenvalue weighted by atomic mass is 16.5. The molecule has 2 heteroatoms. The minimum Gasteiger partial charge on any atom is -0.396 e. The number of aliphatic hydroxyl groups is 1. The average Bonchev–Trinajstić information content (AvgIpc) is 2.34. The lowest BCUT2D eigenvalue weighted by Gasteiger charge is -2.40. The van der Waals surface area contributed by atoms with Gasteiger partial charge >= 0.3 is 0 Å². The molecule has 0 aromatic heterocycles. The third-order valence-electron chi connectivity index (χ3n) is 3.42. The third-order valence-corrected chi connectivity index (χ3v) is 3.42. The topological polar surface area (TPSA) is 29.5 Å². The molecule has 11 heavy (non-hydrogen) atoms. The van der Waals surface area contributed by atoms with Gasteiger partial charge in [-0.2, -0.15) is 0 Å². The number of aliphatic hydroxyl groups excluding tert-OH is 1. The lowest BCUT2D eigenvalue weighted by Crippen LogP contribution is -2.38. The van der Waals surface area contributed by atoms with Crippen LogP contribution in [-0.2, 0) is 4.74 Å². The number of hydrogen-bond acceptors (Lipinski definition) is 2. The second-order valence-corrected chi connectivity index (χ2v) is 3.95. The predicted molar refractivity (Wildman–Crippen MR) is 42.3 cm³/mol. The second kappa shape index (κ2) is 2.76. The van der Waals surface area contributed by atoms with Crippen molar-refractivity contribution in [3.05, 3.63) is 0 Å². The molecule has 2 rings (SSSR count). The van der Waals surface area contributed by atoms with Crippen molar-refractivity contribution >= 4 is 0 Å². The van der Waals surface area contributed by atoms with E-state index in [1.807, 2.05) is 0 Å². The van der Waals surface area contributed by atoms with Gasteiger partial charge in [-0.3, -0.25) is 0 Å². The molecule has 1 aliphatic heterocycles. The molecule has 1 N–H and O–H groups in total. The zero-order valence-corrected chi connectivity index (χ0v) is 6.88. The lowest BCUT2D eigenvalue weighted by molar-refractivity contribution is 0.00885. The Bertz CT molecular complexity index is 134. The molecular formula is C9H16O2. The van der Waals surface area contributed by atoms with Crippen LogP contribution in [0.25, 0.3) is 0 Å². The van der Waals surface area contributed by atoms with Crippen molar-refractivity contribution in [1.82, 2.24) is 0 Å². The Morgan fingerprint density at radius 1 is 1.45 bits per heavy atom. The molecule has 2 nitrogen and oxygen atoms in total. The highest BCUT2D eigenvalue weighted by molar-refractivity contribution is 4.92. The fraction of sp³-hybridized carbons (Fsp3) is 1.00. The molecule has 1 heterocycles. The van der Waals surface area contributed by atoms with Gasteiger partial charge in [0.25, 0.3) is 0 Å². The highest BCUT2D eigenvalue weighted by Crippen LogP contribution is 2.46. The van der Waals surface area contributed by atoms with E-state index in [1.54, 1.807) is 0 Å². The lowest BCUT2D eigenvalue weighted by atomic mass is 9.65. The van der Waals surface area contributed by atoms with Gasteiger partial charge in [-0.05, 0) is 25.2 Å². The Labute approximate surface area is 67.6 Å². The molecule has 1 atom stereocenters. The van der Waals surface area contributed by atoms with Gasteiger partial charge in [0.05, 0.1) is 13.2 Å². The van der Waals surface area contributed by atoms with E-state index in [9.17, 15) is 5.11 Å². The van der Waals surface area contributed by atoms with E-state index >= 15 is 0 Å². The van der Waals surface area contributed by atoms with Crippen molar-refractivity contribution in [2.45, 2.75) is 25.7 Å². The molecule has 2 aliphatic rings. The maximum absolute atomic E-state index is 9.27. The van der Waals surface area contributed by atoms with E-state index in [-0.39, 0.29) is 5.41 Å². The van der Waals surface area contributed by atoms with E-state index in [1.165, 1.54) is 19.3 Å². The van der Waals surface area contributed by atoms with Gasteiger partial charge in [-0.25, -0.2) is 0 Å². The summed E-state index contributed by atoms with van der Waals surface area (Å²) >= 11 is 0. The van der Waals surface area contributed by atoms with Gasteiger partial charge in [0.15, 0.2) is 0 Å². The first-order valence-corrected chi connectivity index (χ1v) is 4.56. The van der Waals surface area contributed by atoms with Crippen LogP contribution in [0.3, 0.4) is 0 Å². The summed E-state index contributed by atoms with van der Waals surface area (Å²) in [6, 6.07) is 0. The maximum atomic E-state index is 9.27. The smallest absolute Gasteiger partial charge is 0.0547 e. The summed E-state index contributed by atoms with van der Waals surface area (Å²) in [5.74, 6) is 0.759. The molecule has 0 radical (unpaired) electrons. The van der Waals surface area contributed by atoms with Crippen molar-refractivity contribution in [2.24, 2.45) is 11.3 Å². The first-order valence-electron chi connectivity index (χ1n) is 4.56. The Hall–Kier alpha value is -0.0800. The van der Waals surface area contributed by atoms with E-state index in [4.69, 9.17) is 4.74 Å². The SMILES string of the molecule is OCC1(C2CCC2)CCOC1. The van der Waals surface area contributed by atoms with Crippen molar-refractivity contribution in [3.8, 4) is 0 Å². The van der Waals surface area contributed by atoms with Crippen LogP contribution >= 0.6 is 0 Å². The summed E-state index contributed by atoms with van der Waals surface area (Å²) in [6.45, 7) is 1.99. The molecule has 0 aromatic rings. The van der Waals surface area contributed by atoms with Crippen molar-refractivity contribution < 1.29 is 9.84 Å². The standard InChI is InChI=1S/C9H16O2/c10-6-9(4-5-11-7-9)8-2-1-3-8/h8,10H,1-7H2. The maximum Gasteiger partial charge on any atom is 0.0547 e. The summed E-state index contributed by atoms with van der Waals surface area (Å²) in [7, 11) is 0. The van der Waals surface area contributed by atoms with Crippen molar-refractivity contribution in [1.29, 1.82) is 0 Å². The minimum absolute atomic E-state index is 0.165. The Morgan fingerprint density at radius 2 is 2.27 bits per heavy atom. The summed E-state index contributed by atoms with van der Waals surface area (Å²) in [5, 5.41) is 9.27. The van der Waals surface area contributed by atoms with Crippen LogP contribution in [0.15, 0.2) is 0 Å². The molecular weight excluding hydrogens is 140 g/mol. The fourth-order valence-corrected chi connectivity index (χ4v) is 2.22. The van der Waals surface area contributed by atoms with Crippen LogP contribution < -0.4 is 0 Å². The van der Waals surface area contributed by atoms with Crippen LogP contribution in [-0.4, -0.2) is 24.9 Å². The first kappa shape index (κ1) is 7.56. The summed E-state index contributed by atoms with van der Waals surface area (Å²) in [4.78, 5) is 0. The molecule has 0 spiro atoms. The quantitative estimate of drug-likeness (QED) is 0.650. The normalized spacial score (nSPS) is 39.0. The van der Waals surface area contributed by atoms with Gasteiger partial charge in [-0.1, -0.05) is 6.42 Å². The van der Waals surface area contributed by atoms with Crippen LogP contribution in [0, 0.1) is 11.3 Å². The van der Waals surface area contributed by atoms with Crippen molar-refractivity contribution in [2.75, 3.05) is 19.8 Å². The van der Waals surface area contributed by atoms with E-state index in [2.05, 4.69) is 0 Å². The Balaban J connectivity index is 2.02. The summed E-state index contributed by atoms with van der Waals surface area (Å²) in [5.41, 5.74) is 0.165. The van der Waals surface area contributed by atoms with Crippen LogP contribution in [0.1, 0.15) is 25.7 Å². The van der Waals surface area contributed by atoms with Gasteiger partial charge < -0.3 is 9.84 Å². The Morgan fingerprint density at radius 3 is 2.64 bits per heavy atom. The molecule has 0 bridgehead atoms. The first-order chi connectivity index (χ1) is 5.37. The largest absolute Gasteiger partial charge is 0.396 e. The van der Waals surface area contributed by atoms with Crippen molar-refractivity contribution in [3.63, 3.8) is 0 Å². The second-order valence-electron chi connectivity index (χ2n) is 3.95. The molecule has 1 saturated heterocycles. The zero-order chi connectivity index (χ0) is 7.73. The predicted octanol–water partition coefficient (Wildman–Crippen LogP) is 1.19. The monoisotopic (exact) mass is 156 g/mol. The van der Waals surface area contributed by atoms with E-state index < -0.39 is 0 Å². The van der Waals surface area contributed by atoms with Crippen LogP contribution in [0.2, 0.25) is 0 Å². The minimum atomic E-state index is 0.165. The van der Waals surface area contributed by atoms with Gasteiger partial charge in [0, 0.05) is 12.0 Å². The molecule has 0 amide bonds. The van der Waals surface area contributed by atoms with Gasteiger partial charge in [0.2, 0.25) is 0 Å². The molecule has 1 aliphatic carbocycles. The van der Waals surface area contributed by atoms with E-state index in [0.717, 1.165) is 25.6 Å². The summed E-state index contributed by atoms with van der Waals surface area (Å²) < 4.78 is 5.35. The molecule has 2 fully saturated rings. The molecule has 0 aromatic carbocycles. The van der Waals surface area contributed by atoms with E-state index in [0.29, 0.717) is 6.61 Å². The number of ether oxygens (including phenoxy) is 1. The number of rotatable bonds is 2. The fourth-order valence-electron chi connectivity index (χ4n) is 2.22. The molecule has 1 saturated carbocycles.